The van der Waals surface area contributed by atoms with Crippen LogP contribution in [0.25, 0.3) is 0 Å². The van der Waals surface area contributed by atoms with Crippen LogP contribution in [-0.4, -0.2) is 32.9 Å². The molecule has 2 aromatic heterocycles. The van der Waals surface area contributed by atoms with E-state index in [4.69, 9.17) is 4.74 Å². The van der Waals surface area contributed by atoms with Gasteiger partial charge in [-0.25, -0.2) is 9.97 Å². The molecule has 1 aromatic carbocycles. The summed E-state index contributed by atoms with van der Waals surface area (Å²) in [6, 6.07) is 14.7. The number of pyridine rings is 1. The maximum absolute atomic E-state index is 5.72. The molecule has 0 aliphatic carbocycles. The van der Waals surface area contributed by atoms with E-state index in [2.05, 4.69) is 52.9 Å². The summed E-state index contributed by atoms with van der Waals surface area (Å²) in [5.41, 5.74) is 3.56. The van der Waals surface area contributed by atoms with Gasteiger partial charge in [-0.15, -0.1) is 0 Å². The monoisotopic (exact) mass is 348 g/mol. The summed E-state index contributed by atoms with van der Waals surface area (Å²) in [5, 5.41) is 0. The molecule has 0 fully saturated rings. The van der Waals surface area contributed by atoms with Crippen LogP contribution in [0.3, 0.4) is 0 Å². The lowest BCUT2D eigenvalue weighted by atomic mass is 10.1. The molecule has 5 nitrogen and oxygen atoms in total. The van der Waals surface area contributed by atoms with Gasteiger partial charge in [-0.05, 0) is 62.4 Å². The number of hydrogen-bond donors (Lipinski definition) is 0. The third-order valence-electron chi connectivity index (χ3n) is 4.31. The van der Waals surface area contributed by atoms with Crippen LogP contribution in [0.4, 0.5) is 0 Å². The summed E-state index contributed by atoms with van der Waals surface area (Å²) in [5.74, 6) is 0.745. The van der Waals surface area contributed by atoms with Crippen molar-refractivity contribution >= 4 is 0 Å². The van der Waals surface area contributed by atoms with Crippen molar-refractivity contribution in [1.82, 2.24) is 19.9 Å². The molecule has 0 unspecified atom stereocenters. The number of aryl methyl sites for hydroxylation is 1. The first-order valence-corrected chi connectivity index (χ1v) is 8.76. The highest BCUT2D eigenvalue weighted by atomic mass is 16.5. The molecular weight excluding hydrogens is 324 g/mol. The number of likely N-dealkylation sites (N-methyl/N-ethyl adjacent to an activating group) is 1. The van der Waals surface area contributed by atoms with Crippen LogP contribution in [0.5, 0.6) is 11.8 Å². The Morgan fingerprint density at radius 2 is 1.81 bits per heavy atom. The zero-order valence-corrected chi connectivity index (χ0v) is 15.5. The van der Waals surface area contributed by atoms with Crippen molar-refractivity contribution in [3.8, 4) is 11.8 Å². The van der Waals surface area contributed by atoms with Gasteiger partial charge in [-0.2, -0.15) is 0 Å². The van der Waals surface area contributed by atoms with Crippen molar-refractivity contribution in [2.75, 3.05) is 7.05 Å². The maximum atomic E-state index is 5.72. The smallest absolute Gasteiger partial charge is 0.321 e. The molecule has 0 radical (unpaired) electrons. The highest BCUT2D eigenvalue weighted by molar-refractivity contribution is 5.30. The van der Waals surface area contributed by atoms with Crippen molar-refractivity contribution in [3.05, 3.63) is 77.9 Å². The van der Waals surface area contributed by atoms with Gasteiger partial charge in [-0.1, -0.05) is 12.1 Å². The molecule has 0 aliphatic heterocycles. The summed E-state index contributed by atoms with van der Waals surface area (Å²) in [6.45, 7) is 5.16. The van der Waals surface area contributed by atoms with Crippen LogP contribution < -0.4 is 4.74 Å². The van der Waals surface area contributed by atoms with Gasteiger partial charge in [0.15, 0.2) is 0 Å². The average molecular weight is 348 g/mol. The van der Waals surface area contributed by atoms with Crippen molar-refractivity contribution in [3.63, 3.8) is 0 Å². The number of nitrogens with zero attached hydrogens (tertiary/aromatic N) is 4. The minimum atomic E-state index is 0.358. The van der Waals surface area contributed by atoms with E-state index in [-0.39, 0.29) is 0 Å². The summed E-state index contributed by atoms with van der Waals surface area (Å²) >= 11 is 0. The summed E-state index contributed by atoms with van der Waals surface area (Å²) in [4.78, 5) is 15.0. The first-order valence-electron chi connectivity index (χ1n) is 8.76. The summed E-state index contributed by atoms with van der Waals surface area (Å²) in [6.07, 6.45) is 6.14. The van der Waals surface area contributed by atoms with Crippen molar-refractivity contribution in [1.29, 1.82) is 0 Å². The molecule has 5 heteroatoms. The molecule has 134 valence electrons. The third kappa shape index (κ3) is 5.10. The lowest BCUT2D eigenvalue weighted by Gasteiger charge is -2.24. The first kappa shape index (κ1) is 18.0. The van der Waals surface area contributed by atoms with E-state index >= 15 is 0 Å². The summed E-state index contributed by atoms with van der Waals surface area (Å²) in [7, 11) is 2.13. The predicted molar refractivity (Wildman–Crippen MR) is 102 cm³/mol. The molecule has 0 aliphatic rings. The first-order chi connectivity index (χ1) is 12.6. The zero-order chi connectivity index (χ0) is 18.4. The molecule has 0 spiro atoms. The predicted octanol–water partition coefficient (Wildman–Crippen LogP) is 4.04. The van der Waals surface area contributed by atoms with Gasteiger partial charge >= 0.3 is 6.01 Å². The van der Waals surface area contributed by atoms with Gasteiger partial charge < -0.3 is 4.74 Å². The van der Waals surface area contributed by atoms with Gasteiger partial charge in [0.25, 0.3) is 0 Å². The molecule has 0 saturated heterocycles. The topological polar surface area (TPSA) is 51.1 Å². The normalized spacial score (nSPS) is 12.2. The van der Waals surface area contributed by atoms with Gasteiger partial charge in [0.05, 0.1) is 0 Å². The highest BCUT2D eigenvalue weighted by Gasteiger charge is 2.12. The maximum Gasteiger partial charge on any atom is 0.321 e. The Morgan fingerprint density at radius 1 is 1.00 bits per heavy atom. The second kappa shape index (κ2) is 8.54. The molecule has 0 amide bonds. The Bertz CT molecular complexity index is 838. The summed E-state index contributed by atoms with van der Waals surface area (Å²) < 4.78 is 5.72. The van der Waals surface area contributed by atoms with Gasteiger partial charge in [0.1, 0.15) is 5.75 Å². The van der Waals surface area contributed by atoms with Gasteiger partial charge in [0, 0.05) is 43.3 Å². The molecule has 2 heterocycles. The Labute approximate surface area is 154 Å². The quantitative estimate of drug-likeness (QED) is 0.645. The van der Waals surface area contributed by atoms with Gasteiger partial charge in [0.2, 0.25) is 0 Å². The van der Waals surface area contributed by atoms with E-state index in [1.807, 2.05) is 30.5 Å². The van der Waals surface area contributed by atoms with E-state index in [9.17, 15) is 0 Å². The molecule has 3 rings (SSSR count). The SMILES string of the molecule is Cc1ccnc(C[C@@H](C)N(C)Cc2cccc(Oc3ncccn3)c2)c1. The minimum absolute atomic E-state index is 0.358. The molecular formula is C21H24N4O. The standard InChI is InChI=1S/C21H24N4O/c1-16-8-11-22-19(12-16)13-17(2)25(3)15-18-6-4-7-20(14-18)26-21-23-9-5-10-24-21/h4-12,14,17H,13,15H2,1-3H3/t17-/m1/s1. The third-order valence-corrected chi connectivity index (χ3v) is 4.31. The fraction of sp³-hybridized carbons (Fsp3) is 0.286. The van der Waals surface area contributed by atoms with E-state index in [1.165, 1.54) is 11.1 Å². The fourth-order valence-electron chi connectivity index (χ4n) is 2.76. The number of ether oxygens (including phenoxy) is 1. The number of aromatic nitrogens is 3. The van der Waals surface area contributed by atoms with Crippen LogP contribution in [-0.2, 0) is 13.0 Å². The largest absolute Gasteiger partial charge is 0.424 e. The van der Waals surface area contributed by atoms with Gasteiger partial charge in [-0.3, -0.25) is 9.88 Å². The van der Waals surface area contributed by atoms with Crippen LogP contribution >= 0.6 is 0 Å². The molecule has 0 bridgehead atoms. The average Bonchev–Trinajstić information content (AvgIpc) is 2.63. The van der Waals surface area contributed by atoms with Crippen LogP contribution in [0.1, 0.15) is 23.7 Å². The molecule has 1 atom stereocenters. The molecule has 0 saturated carbocycles. The van der Waals surface area contributed by atoms with E-state index in [0.717, 1.165) is 24.4 Å². The number of rotatable bonds is 7. The van der Waals surface area contributed by atoms with Crippen LogP contribution in [0.2, 0.25) is 0 Å². The van der Waals surface area contributed by atoms with E-state index < -0.39 is 0 Å². The zero-order valence-electron chi connectivity index (χ0n) is 15.5. The molecule has 26 heavy (non-hydrogen) atoms. The lowest BCUT2D eigenvalue weighted by molar-refractivity contribution is 0.246. The van der Waals surface area contributed by atoms with Crippen molar-refractivity contribution in [2.45, 2.75) is 32.9 Å². The Balaban J connectivity index is 1.61. The van der Waals surface area contributed by atoms with Crippen molar-refractivity contribution < 1.29 is 4.74 Å². The van der Waals surface area contributed by atoms with E-state index in [0.29, 0.717) is 12.1 Å². The second-order valence-electron chi connectivity index (χ2n) is 6.57. The Kier molecular flexibility index (Phi) is 5.92. The minimum Gasteiger partial charge on any atom is -0.424 e. The van der Waals surface area contributed by atoms with Crippen LogP contribution in [0, 0.1) is 6.92 Å². The van der Waals surface area contributed by atoms with E-state index in [1.54, 1.807) is 18.5 Å². The molecule has 3 aromatic rings. The number of hydrogen-bond acceptors (Lipinski definition) is 5. The highest BCUT2D eigenvalue weighted by Crippen LogP contribution is 2.20. The molecule has 0 N–H and O–H groups in total. The number of benzene rings is 1. The Hall–Kier alpha value is -2.79. The van der Waals surface area contributed by atoms with Crippen molar-refractivity contribution in [2.24, 2.45) is 0 Å². The lowest BCUT2D eigenvalue weighted by Crippen LogP contribution is -2.30. The van der Waals surface area contributed by atoms with Crippen LogP contribution in [0.15, 0.2) is 61.1 Å². The second-order valence-corrected chi connectivity index (χ2v) is 6.57. The Morgan fingerprint density at radius 3 is 2.58 bits per heavy atom. The fourth-order valence-corrected chi connectivity index (χ4v) is 2.76.